The van der Waals surface area contributed by atoms with Crippen molar-refractivity contribution in [1.29, 1.82) is 0 Å². The van der Waals surface area contributed by atoms with Crippen molar-refractivity contribution in [3.63, 3.8) is 0 Å². The molecule has 1 rings (SSSR count). The topological polar surface area (TPSA) is 71.2 Å². The summed E-state index contributed by atoms with van der Waals surface area (Å²) < 4.78 is 0.862. The van der Waals surface area contributed by atoms with E-state index in [1.54, 1.807) is 12.3 Å². The van der Waals surface area contributed by atoms with E-state index in [9.17, 15) is 0 Å². The molecule has 0 fully saturated rings. The Balaban J connectivity index is 2.42. The highest BCUT2D eigenvalue weighted by atomic mass is 79.9. The lowest BCUT2D eigenvalue weighted by molar-refractivity contribution is 0.286. The molecule has 14 heavy (non-hydrogen) atoms. The van der Waals surface area contributed by atoms with Crippen molar-refractivity contribution in [2.45, 2.75) is 12.8 Å². The van der Waals surface area contributed by atoms with Gasteiger partial charge in [0.1, 0.15) is 5.82 Å². The number of anilines is 2. The van der Waals surface area contributed by atoms with Crippen molar-refractivity contribution in [3.05, 3.63) is 16.7 Å². The van der Waals surface area contributed by atoms with Gasteiger partial charge >= 0.3 is 0 Å². The summed E-state index contributed by atoms with van der Waals surface area (Å²) in [7, 11) is 0. The average molecular weight is 260 g/mol. The smallest absolute Gasteiger partial charge is 0.140 e. The first-order valence-electron chi connectivity index (χ1n) is 4.50. The molecule has 1 aromatic heterocycles. The van der Waals surface area contributed by atoms with E-state index in [4.69, 9.17) is 10.8 Å². The Morgan fingerprint density at radius 3 is 2.93 bits per heavy atom. The fourth-order valence-corrected chi connectivity index (χ4v) is 1.53. The molecule has 0 aliphatic rings. The number of nitrogens with zero attached hydrogens (tertiary/aromatic N) is 1. The first kappa shape index (κ1) is 11.3. The molecule has 0 spiro atoms. The summed E-state index contributed by atoms with van der Waals surface area (Å²) in [4.78, 5) is 4.13. The molecule has 0 aromatic carbocycles. The lowest BCUT2D eigenvalue weighted by atomic mass is 10.3. The van der Waals surface area contributed by atoms with Gasteiger partial charge < -0.3 is 16.2 Å². The number of hydrogen-bond acceptors (Lipinski definition) is 4. The highest BCUT2D eigenvalue weighted by molar-refractivity contribution is 9.10. The molecule has 78 valence electrons. The maximum atomic E-state index is 8.59. The van der Waals surface area contributed by atoms with Gasteiger partial charge in [-0.15, -0.1) is 0 Å². The Morgan fingerprint density at radius 1 is 1.50 bits per heavy atom. The molecule has 0 saturated carbocycles. The van der Waals surface area contributed by atoms with Crippen LogP contribution in [-0.2, 0) is 0 Å². The van der Waals surface area contributed by atoms with Crippen LogP contribution in [0.5, 0.6) is 0 Å². The van der Waals surface area contributed by atoms with E-state index in [0.29, 0.717) is 5.69 Å². The van der Waals surface area contributed by atoms with Gasteiger partial charge in [-0.1, -0.05) is 0 Å². The maximum Gasteiger partial charge on any atom is 0.140 e. The molecule has 1 aromatic rings. The van der Waals surface area contributed by atoms with Crippen molar-refractivity contribution in [2.24, 2.45) is 0 Å². The highest BCUT2D eigenvalue weighted by Crippen LogP contribution is 2.21. The van der Waals surface area contributed by atoms with Gasteiger partial charge in [0.2, 0.25) is 0 Å². The van der Waals surface area contributed by atoms with Crippen molar-refractivity contribution < 1.29 is 5.11 Å². The molecule has 1 heterocycles. The van der Waals surface area contributed by atoms with Gasteiger partial charge in [-0.3, -0.25) is 0 Å². The van der Waals surface area contributed by atoms with E-state index in [1.165, 1.54) is 0 Å². The van der Waals surface area contributed by atoms with Gasteiger partial charge in [-0.2, -0.15) is 0 Å². The summed E-state index contributed by atoms with van der Waals surface area (Å²) in [5.74, 6) is 0.789. The van der Waals surface area contributed by atoms with Crippen LogP contribution < -0.4 is 11.1 Å². The number of aromatic nitrogens is 1. The molecule has 0 aliphatic carbocycles. The number of rotatable bonds is 5. The van der Waals surface area contributed by atoms with E-state index < -0.39 is 0 Å². The zero-order valence-corrected chi connectivity index (χ0v) is 9.42. The zero-order valence-electron chi connectivity index (χ0n) is 7.83. The van der Waals surface area contributed by atoms with Gasteiger partial charge in [0.25, 0.3) is 0 Å². The Morgan fingerprint density at radius 2 is 2.29 bits per heavy atom. The largest absolute Gasteiger partial charge is 0.397 e. The second-order valence-corrected chi connectivity index (χ2v) is 3.81. The standard InChI is InChI=1S/C9H14BrN3O/c10-8-5-7(11)6-13-9(8)12-3-1-2-4-14/h5-6,14H,1-4,11H2,(H,12,13). The van der Waals surface area contributed by atoms with Gasteiger partial charge in [0.05, 0.1) is 16.4 Å². The van der Waals surface area contributed by atoms with E-state index >= 15 is 0 Å². The number of nitrogen functional groups attached to an aromatic ring is 1. The van der Waals surface area contributed by atoms with Crippen LogP contribution in [0.2, 0.25) is 0 Å². The molecule has 5 heteroatoms. The Bertz CT molecular complexity index is 293. The van der Waals surface area contributed by atoms with Crippen molar-refractivity contribution in [3.8, 4) is 0 Å². The molecule has 0 radical (unpaired) electrons. The third kappa shape index (κ3) is 3.51. The van der Waals surface area contributed by atoms with E-state index in [0.717, 1.165) is 29.7 Å². The number of halogens is 1. The van der Waals surface area contributed by atoms with Crippen molar-refractivity contribution in [2.75, 3.05) is 24.2 Å². The van der Waals surface area contributed by atoms with Crippen LogP contribution in [0.4, 0.5) is 11.5 Å². The predicted octanol–water partition coefficient (Wildman–Crippen LogP) is 1.61. The second kappa shape index (κ2) is 5.82. The predicted molar refractivity (Wildman–Crippen MR) is 61.2 cm³/mol. The van der Waals surface area contributed by atoms with E-state index in [2.05, 4.69) is 26.2 Å². The lowest BCUT2D eigenvalue weighted by Crippen LogP contribution is -2.05. The number of nitrogens with one attached hydrogen (secondary N) is 1. The summed E-state index contributed by atoms with van der Waals surface area (Å²) in [6.45, 7) is 1.04. The molecule has 0 unspecified atom stereocenters. The quantitative estimate of drug-likeness (QED) is 0.703. The molecule has 4 N–H and O–H groups in total. The second-order valence-electron chi connectivity index (χ2n) is 2.96. The fraction of sp³-hybridized carbons (Fsp3) is 0.444. The average Bonchev–Trinajstić information content (AvgIpc) is 2.15. The SMILES string of the molecule is Nc1cnc(NCCCCO)c(Br)c1. The van der Waals surface area contributed by atoms with Crippen LogP contribution in [-0.4, -0.2) is 23.2 Å². The first-order chi connectivity index (χ1) is 6.74. The maximum absolute atomic E-state index is 8.59. The number of aliphatic hydroxyl groups excluding tert-OH is 1. The minimum absolute atomic E-state index is 0.234. The van der Waals surface area contributed by atoms with Gasteiger partial charge in [0, 0.05) is 13.2 Å². The molecular weight excluding hydrogens is 246 g/mol. The highest BCUT2D eigenvalue weighted by Gasteiger charge is 2.00. The van der Waals surface area contributed by atoms with Gasteiger partial charge in [-0.05, 0) is 34.8 Å². The molecule has 0 bridgehead atoms. The molecule has 0 atom stereocenters. The minimum Gasteiger partial charge on any atom is -0.397 e. The number of hydrogen-bond donors (Lipinski definition) is 3. The summed E-state index contributed by atoms with van der Waals surface area (Å²) in [5, 5.41) is 11.7. The van der Waals surface area contributed by atoms with Crippen LogP contribution in [0.1, 0.15) is 12.8 Å². The molecular formula is C9H14BrN3O. The van der Waals surface area contributed by atoms with E-state index in [-0.39, 0.29) is 6.61 Å². The first-order valence-corrected chi connectivity index (χ1v) is 5.29. The van der Waals surface area contributed by atoms with Crippen LogP contribution >= 0.6 is 15.9 Å². The lowest BCUT2D eigenvalue weighted by Gasteiger charge is -2.07. The molecule has 0 saturated heterocycles. The zero-order chi connectivity index (χ0) is 10.4. The van der Waals surface area contributed by atoms with E-state index in [1.807, 2.05) is 0 Å². The fourth-order valence-electron chi connectivity index (χ4n) is 1.03. The number of aliphatic hydroxyl groups is 1. The monoisotopic (exact) mass is 259 g/mol. The number of unbranched alkanes of at least 4 members (excludes halogenated alkanes) is 1. The van der Waals surface area contributed by atoms with Gasteiger partial charge in [-0.25, -0.2) is 4.98 Å². The number of nitrogens with two attached hydrogens (primary N) is 1. The molecule has 0 amide bonds. The molecule has 0 aliphatic heterocycles. The Hall–Kier alpha value is -0.810. The Kier molecular flexibility index (Phi) is 4.69. The summed E-state index contributed by atoms with van der Waals surface area (Å²) in [6.07, 6.45) is 3.34. The van der Waals surface area contributed by atoms with Crippen LogP contribution in [0.3, 0.4) is 0 Å². The molecule has 4 nitrogen and oxygen atoms in total. The minimum atomic E-state index is 0.234. The van der Waals surface area contributed by atoms with Gasteiger partial charge in [0.15, 0.2) is 0 Å². The van der Waals surface area contributed by atoms with Crippen LogP contribution in [0, 0.1) is 0 Å². The van der Waals surface area contributed by atoms with Crippen molar-refractivity contribution >= 4 is 27.4 Å². The summed E-state index contributed by atoms with van der Waals surface area (Å²) in [5.41, 5.74) is 6.19. The van der Waals surface area contributed by atoms with Crippen molar-refractivity contribution in [1.82, 2.24) is 4.98 Å². The summed E-state index contributed by atoms with van der Waals surface area (Å²) >= 11 is 3.36. The third-order valence-electron chi connectivity index (χ3n) is 1.74. The third-order valence-corrected chi connectivity index (χ3v) is 2.34. The van der Waals surface area contributed by atoms with Crippen LogP contribution in [0.25, 0.3) is 0 Å². The number of pyridine rings is 1. The summed E-state index contributed by atoms with van der Waals surface area (Å²) in [6, 6.07) is 1.81. The normalized spacial score (nSPS) is 10.1. The van der Waals surface area contributed by atoms with Crippen LogP contribution in [0.15, 0.2) is 16.7 Å². The Labute approximate surface area is 91.7 Å².